The molecule has 10 heteroatoms. The number of rotatable bonds is 4. The van der Waals surface area contributed by atoms with Crippen LogP contribution in [0.25, 0.3) is 0 Å². The van der Waals surface area contributed by atoms with Gasteiger partial charge in [0.05, 0.1) is 17.5 Å². The Bertz CT molecular complexity index is 1020. The molecule has 3 N–H and O–H groups in total. The fourth-order valence-corrected chi connectivity index (χ4v) is 3.72. The number of amides is 2. The Balaban J connectivity index is 1.75. The monoisotopic (exact) mass is 423 g/mol. The van der Waals surface area contributed by atoms with Crippen molar-refractivity contribution >= 4 is 34.8 Å². The van der Waals surface area contributed by atoms with Crippen molar-refractivity contribution in [1.82, 2.24) is 0 Å². The third-order valence-corrected chi connectivity index (χ3v) is 5.17. The minimum absolute atomic E-state index is 0.0120. The molecule has 0 aliphatic carbocycles. The number of benzene rings is 2. The van der Waals surface area contributed by atoms with Crippen molar-refractivity contribution in [2.24, 2.45) is 5.73 Å². The summed E-state index contributed by atoms with van der Waals surface area (Å²) in [7, 11) is 0. The van der Waals surface area contributed by atoms with Gasteiger partial charge in [-0.15, -0.1) is 0 Å². The molecule has 0 fully saturated rings. The summed E-state index contributed by atoms with van der Waals surface area (Å²) in [5.74, 6) is -2.11. The summed E-state index contributed by atoms with van der Waals surface area (Å²) < 4.78 is 39.0. The first-order valence-electron chi connectivity index (χ1n) is 8.74. The molecule has 2 aliphatic rings. The SMILES string of the molecule is NC(=O)CC1COc2cc(F)cc(F)c2N1Cc1ccc2c(c1Cl)NC(=O)CO2. The molecule has 0 aromatic heterocycles. The smallest absolute Gasteiger partial charge is 0.262 e. The van der Waals surface area contributed by atoms with Gasteiger partial charge in [-0.2, -0.15) is 0 Å². The van der Waals surface area contributed by atoms with Gasteiger partial charge in [0.25, 0.3) is 5.91 Å². The predicted octanol–water partition coefficient (Wildman–Crippen LogP) is 2.59. The van der Waals surface area contributed by atoms with E-state index < -0.39 is 23.6 Å². The molecular weight excluding hydrogens is 408 g/mol. The topological polar surface area (TPSA) is 93.9 Å². The van der Waals surface area contributed by atoms with Crippen LogP contribution < -0.4 is 25.4 Å². The molecule has 1 unspecified atom stereocenters. The van der Waals surface area contributed by atoms with Gasteiger partial charge in [-0.3, -0.25) is 9.59 Å². The van der Waals surface area contributed by atoms with E-state index in [1.807, 2.05) is 0 Å². The number of nitrogens with zero attached hydrogens (tertiary/aromatic N) is 1. The van der Waals surface area contributed by atoms with Gasteiger partial charge in [-0.05, 0) is 11.6 Å². The summed E-state index contributed by atoms with van der Waals surface area (Å²) in [6, 6.07) is 4.55. The van der Waals surface area contributed by atoms with E-state index in [0.717, 1.165) is 12.1 Å². The first-order chi connectivity index (χ1) is 13.8. The number of ether oxygens (including phenoxy) is 2. The highest BCUT2D eigenvalue weighted by molar-refractivity contribution is 6.35. The highest BCUT2D eigenvalue weighted by atomic mass is 35.5. The quantitative estimate of drug-likeness (QED) is 0.788. The maximum absolute atomic E-state index is 14.6. The van der Waals surface area contributed by atoms with E-state index in [-0.39, 0.29) is 48.5 Å². The first-order valence-corrected chi connectivity index (χ1v) is 9.12. The maximum atomic E-state index is 14.6. The number of primary amides is 1. The summed E-state index contributed by atoms with van der Waals surface area (Å²) in [5, 5.41) is 2.88. The maximum Gasteiger partial charge on any atom is 0.262 e. The zero-order valence-electron chi connectivity index (χ0n) is 15.0. The Morgan fingerprint density at radius 2 is 2.07 bits per heavy atom. The molecule has 1 atom stereocenters. The molecule has 0 bridgehead atoms. The number of hydrogen-bond donors (Lipinski definition) is 2. The fraction of sp³-hybridized carbons (Fsp3) is 0.263. The average molecular weight is 424 g/mol. The predicted molar refractivity (Wildman–Crippen MR) is 101 cm³/mol. The molecule has 2 aromatic rings. The van der Waals surface area contributed by atoms with E-state index in [0.29, 0.717) is 17.0 Å². The van der Waals surface area contributed by atoms with Crippen molar-refractivity contribution in [2.75, 3.05) is 23.4 Å². The van der Waals surface area contributed by atoms with Gasteiger partial charge >= 0.3 is 0 Å². The standard InChI is InChI=1S/C19H16ClF2N3O4/c20-17-9(1-2-13-18(17)24-16(27)8-29-13)6-25-11(5-15(23)26)7-28-14-4-10(21)3-12(22)19(14)25/h1-4,11H,5-8H2,(H2,23,26)(H,24,27). The minimum atomic E-state index is -0.833. The third-order valence-electron chi connectivity index (χ3n) is 4.74. The molecule has 2 amide bonds. The van der Waals surface area contributed by atoms with Gasteiger partial charge in [0.15, 0.2) is 12.4 Å². The second-order valence-electron chi connectivity index (χ2n) is 6.75. The average Bonchev–Trinajstić information content (AvgIpc) is 2.65. The van der Waals surface area contributed by atoms with Crippen molar-refractivity contribution in [3.63, 3.8) is 0 Å². The summed E-state index contributed by atoms with van der Waals surface area (Å²) in [6.45, 7) is -0.0307. The Labute approximate surface area is 169 Å². The van der Waals surface area contributed by atoms with Crippen LogP contribution in [0.2, 0.25) is 5.02 Å². The number of fused-ring (bicyclic) bond motifs is 2. The molecule has 0 saturated carbocycles. The molecule has 2 aliphatic heterocycles. The molecule has 2 aromatic carbocycles. The van der Waals surface area contributed by atoms with Crippen LogP contribution in [-0.4, -0.2) is 31.1 Å². The lowest BCUT2D eigenvalue weighted by Crippen LogP contribution is -2.45. The molecule has 2 heterocycles. The summed E-state index contributed by atoms with van der Waals surface area (Å²) in [5.41, 5.74) is 6.21. The van der Waals surface area contributed by atoms with Crippen molar-refractivity contribution in [3.05, 3.63) is 46.5 Å². The van der Waals surface area contributed by atoms with Crippen molar-refractivity contribution in [3.8, 4) is 11.5 Å². The number of nitrogens with one attached hydrogen (secondary N) is 1. The molecule has 0 saturated heterocycles. The van der Waals surface area contributed by atoms with E-state index in [4.69, 9.17) is 26.8 Å². The first kappa shape index (κ1) is 19.3. The van der Waals surface area contributed by atoms with E-state index in [9.17, 15) is 18.4 Å². The number of halogens is 3. The van der Waals surface area contributed by atoms with Gasteiger partial charge in [-0.25, -0.2) is 8.78 Å². The van der Waals surface area contributed by atoms with Crippen LogP contribution in [0.4, 0.5) is 20.2 Å². The highest BCUT2D eigenvalue weighted by Gasteiger charge is 2.33. The van der Waals surface area contributed by atoms with Crippen LogP contribution in [-0.2, 0) is 16.1 Å². The second-order valence-corrected chi connectivity index (χ2v) is 7.12. The van der Waals surface area contributed by atoms with Crippen LogP contribution in [0.5, 0.6) is 11.5 Å². The lowest BCUT2D eigenvalue weighted by atomic mass is 10.0. The number of hydrogen-bond acceptors (Lipinski definition) is 5. The van der Waals surface area contributed by atoms with Crippen LogP contribution in [0, 0.1) is 11.6 Å². The Hall–Kier alpha value is -3.07. The number of nitrogens with two attached hydrogens (primary N) is 1. The van der Waals surface area contributed by atoms with Gasteiger partial charge in [-0.1, -0.05) is 17.7 Å². The normalized spacial score (nSPS) is 17.6. The van der Waals surface area contributed by atoms with E-state index in [2.05, 4.69) is 5.32 Å². The summed E-state index contributed by atoms with van der Waals surface area (Å²) in [6.07, 6.45) is -0.0985. The van der Waals surface area contributed by atoms with Crippen LogP contribution in [0.3, 0.4) is 0 Å². The Morgan fingerprint density at radius 3 is 2.83 bits per heavy atom. The van der Waals surface area contributed by atoms with E-state index in [1.54, 1.807) is 17.0 Å². The Morgan fingerprint density at radius 1 is 1.28 bits per heavy atom. The number of carbonyl (C=O) groups is 2. The van der Waals surface area contributed by atoms with Crippen molar-refractivity contribution in [2.45, 2.75) is 19.0 Å². The number of carbonyl (C=O) groups excluding carboxylic acids is 2. The van der Waals surface area contributed by atoms with Gasteiger partial charge in [0.2, 0.25) is 5.91 Å². The van der Waals surface area contributed by atoms with Crippen LogP contribution in [0.15, 0.2) is 24.3 Å². The summed E-state index contributed by atoms with van der Waals surface area (Å²) >= 11 is 6.46. The zero-order chi connectivity index (χ0) is 20.7. The highest BCUT2D eigenvalue weighted by Crippen LogP contribution is 2.42. The van der Waals surface area contributed by atoms with E-state index in [1.165, 1.54) is 0 Å². The molecule has 0 radical (unpaired) electrons. The minimum Gasteiger partial charge on any atom is -0.489 e. The largest absolute Gasteiger partial charge is 0.489 e. The number of anilines is 2. The molecule has 0 spiro atoms. The van der Waals surface area contributed by atoms with E-state index >= 15 is 0 Å². The third kappa shape index (κ3) is 3.65. The summed E-state index contributed by atoms with van der Waals surface area (Å²) in [4.78, 5) is 24.7. The fourth-order valence-electron chi connectivity index (χ4n) is 3.46. The molecule has 152 valence electrons. The lowest BCUT2D eigenvalue weighted by Gasteiger charge is -2.38. The van der Waals surface area contributed by atoms with Crippen LogP contribution in [0.1, 0.15) is 12.0 Å². The molecule has 7 nitrogen and oxygen atoms in total. The molecule has 29 heavy (non-hydrogen) atoms. The Kier molecular flexibility index (Phi) is 4.91. The lowest BCUT2D eigenvalue weighted by molar-refractivity contribution is -0.119. The zero-order valence-corrected chi connectivity index (χ0v) is 15.8. The molecule has 4 rings (SSSR count). The van der Waals surface area contributed by atoms with Gasteiger partial charge in [0.1, 0.15) is 35.3 Å². The van der Waals surface area contributed by atoms with Gasteiger partial charge < -0.3 is 25.4 Å². The van der Waals surface area contributed by atoms with Crippen LogP contribution >= 0.6 is 11.6 Å². The van der Waals surface area contributed by atoms with Gasteiger partial charge in [0, 0.05) is 18.7 Å². The molecular formula is C19H16ClF2N3O4. The van der Waals surface area contributed by atoms with Crippen molar-refractivity contribution in [1.29, 1.82) is 0 Å². The second kappa shape index (κ2) is 7.40. The van der Waals surface area contributed by atoms with Crippen molar-refractivity contribution < 1.29 is 27.8 Å².